The number of benzene rings is 1. The van der Waals surface area contributed by atoms with Gasteiger partial charge in [-0.2, -0.15) is 5.26 Å². The van der Waals surface area contributed by atoms with Crippen LogP contribution in [0.5, 0.6) is 0 Å². The standard InChI is InChI=1S/C11H11Cl2N3O/c12-9-3-7(15)4-10(13)11(9)16-1-2-17-8(5-14)6-16/h3-4,8H,1-2,6,15H2. The van der Waals surface area contributed by atoms with Gasteiger partial charge in [-0.15, -0.1) is 0 Å². The Hall–Kier alpha value is -1.15. The minimum Gasteiger partial charge on any atom is -0.399 e. The molecular formula is C11H11Cl2N3O. The van der Waals surface area contributed by atoms with Crippen LogP contribution in [0.3, 0.4) is 0 Å². The van der Waals surface area contributed by atoms with Crippen LogP contribution in [-0.2, 0) is 4.74 Å². The van der Waals surface area contributed by atoms with E-state index in [0.29, 0.717) is 41.1 Å². The third kappa shape index (κ3) is 2.58. The highest BCUT2D eigenvalue weighted by atomic mass is 35.5. The molecule has 0 radical (unpaired) electrons. The summed E-state index contributed by atoms with van der Waals surface area (Å²) >= 11 is 12.3. The van der Waals surface area contributed by atoms with Crippen molar-refractivity contribution in [3.63, 3.8) is 0 Å². The number of nitrogen functional groups attached to an aromatic ring is 1. The van der Waals surface area contributed by atoms with Gasteiger partial charge in [0.2, 0.25) is 0 Å². The highest BCUT2D eigenvalue weighted by Gasteiger charge is 2.23. The summed E-state index contributed by atoms with van der Waals surface area (Å²) in [5.41, 5.74) is 6.88. The van der Waals surface area contributed by atoms with Gasteiger partial charge in [-0.1, -0.05) is 23.2 Å². The van der Waals surface area contributed by atoms with Gasteiger partial charge in [0, 0.05) is 12.2 Å². The summed E-state index contributed by atoms with van der Waals surface area (Å²) in [6.07, 6.45) is -0.451. The molecule has 1 unspecified atom stereocenters. The molecule has 1 aromatic carbocycles. The van der Waals surface area contributed by atoms with Gasteiger partial charge in [-0.25, -0.2) is 0 Å². The lowest BCUT2D eigenvalue weighted by Gasteiger charge is -2.32. The molecule has 1 heterocycles. The van der Waals surface area contributed by atoms with E-state index < -0.39 is 6.10 Å². The minimum absolute atomic E-state index is 0.451. The first kappa shape index (κ1) is 12.3. The average molecular weight is 272 g/mol. The molecule has 1 aliphatic rings. The fraction of sp³-hybridized carbons (Fsp3) is 0.364. The van der Waals surface area contributed by atoms with Crippen LogP contribution in [-0.4, -0.2) is 25.8 Å². The van der Waals surface area contributed by atoms with Gasteiger partial charge in [-0.05, 0) is 12.1 Å². The van der Waals surface area contributed by atoms with Crippen LogP contribution in [0.2, 0.25) is 10.0 Å². The zero-order chi connectivity index (χ0) is 12.4. The quantitative estimate of drug-likeness (QED) is 0.797. The fourth-order valence-electron chi connectivity index (χ4n) is 1.82. The molecular weight excluding hydrogens is 261 g/mol. The van der Waals surface area contributed by atoms with Gasteiger partial charge in [0.25, 0.3) is 0 Å². The summed E-state index contributed by atoms with van der Waals surface area (Å²) in [7, 11) is 0. The maximum absolute atomic E-state index is 8.85. The molecule has 17 heavy (non-hydrogen) atoms. The normalized spacial score (nSPS) is 20.1. The third-order valence-corrected chi connectivity index (χ3v) is 3.14. The number of halogens is 2. The first-order valence-electron chi connectivity index (χ1n) is 5.12. The van der Waals surface area contributed by atoms with Crippen molar-refractivity contribution in [2.45, 2.75) is 6.10 Å². The molecule has 0 aliphatic carbocycles. The Labute approximate surface area is 109 Å². The molecule has 1 fully saturated rings. The Morgan fingerprint density at radius 1 is 1.41 bits per heavy atom. The molecule has 4 nitrogen and oxygen atoms in total. The minimum atomic E-state index is -0.451. The number of hydrogen-bond donors (Lipinski definition) is 1. The highest BCUT2D eigenvalue weighted by molar-refractivity contribution is 6.39. The molecule has 0 saturated carbocycles. The van der Waals surface area contributed by atoms with Crippen molar-refractivity contribution in [1.82, 2.24) is 0 Å². The van der Waals surface area contributed by atoms with Crippen LogP contribution < -0.4 is 10.6 Å². The SMILES string of the molecule is N#CC1CN(c2c(Cl)cc(N)cc2Cl)CCO1. The van der Waals surface area contributed by atoms with Gasteiger partial charge < -0.3 is 15.4 Å². The lowest BCUT2D eigenvalue weighted by Crippen LogP contribution is -2.42. The van der Waals surface area contributed by atoms with Crippen LogP contribution in [0.15, 0.2) is 12.1 Å². The molecule has 6 heteroatoms. The number of hydrogen-bond acceptors (Lipinski definition) is 4. The van der Waals surface area contributed by atoms with Crippen molar-refractivity contribution in [3.8, 4) is 6.07 Å². The van der Waals surface area contributed by atoms with Gasteiger partial charge in [0.15, 0.2) is 6.10 Å². The topological polar surface area (TPSA) is 62.3 Å². The van der Waals surface area contributed by atoms with Crippen LogP contribution in [0, 0.1) is 11.3 Å². The summed E-state index contributed by atoms with van der Waals surface area (Å²) in [6.45, 7) is 1.59. The Kier molecular flexibility index (Phi) is 3.63. The number of morpholine rings is 1. The lowest BCUT2D eigenvalue weighted by molar-refractivity contribution is 0.0765. The Balaban J connectivity index is 2.31. The van der Waals surface area contributed by atoms with E-state index in [4.69, 9.17) is 38.9 Å². The summed E-state index contributed by atoms with van der Waals surface area (Å²) in [5.74, 6) is 0. The second-order valence-corrected chi connectivity index (χ2v) is 4.58. The maximum Gasteiger partial charge on any atom is 0.161 e. The number of rotatable bonds is 1. The molecule has 1 aliphatic heterocycles. The summed E-state index contributed by atoms with van der Waals surface area (Å²) in [4.78, 5) is 1.95. The second-order valence-electron chi connectivity index (χ2n) is 3.77. The first-order chi connectivity index (χ1) is 8.11. The van der Waals surface area contributed by atoms with Crippen molar-refractivity contribution < 1.29 is 4.74 Å². The number of anilines is 2. The maximum atomic E-state index is 8.85. The molecule has 0 spiro atoms. The van der Waals surface area contributed by atoms with Crippen molar-refractivity contribution in [1.29, 1.82) is 5.26 Å². The molecule has 0 amide bonds. The van der Waals surface area contributed by atoms with E-state index >= 15 is 0 Å². The van der Waals surface area contributed by atoms with E-state index in [1.165, 1.54) is 0 Å². The van der Waals surface area contributed by atoms with Crippen LogP contribution in [0.25, 0.3) is 0 Å². The smallest absolute Gasteiger partial charge is 0.161 e. The van der Waals surface area contributed by atoms with E-state index in [1.54, 1.807) is 12.1 Å². The summed E-state index contributed by atoms with van der Waals surface area (Å²) in [6, 6.07) is 5.38. The molecule has 90 valence electrons. The molecule has 1 aromatic rings. The zero-order valence-electron chi connectivity index (χ0n) is 8.99. The van der Waals surface area contributed by atoms with Crippen molar-refractivity contribution in [2.24, 2.45) is 0 Å². The van der Waals surface area contributed by atoms with E-state index in [1.807, 2.05) is 4.90 Å². The summed E-state index contributed by atoms with van der Waals surface area (Å²) < 4.78 is 5.27. The average Bonchev–Trinajstić information content (AvgIpc) is 2.28. The molecule has 1 atom stereocenters. The van der Waals surface area contributed by atoms with E-state index in [2.05, 4.69) is 6.07 Å². The monoisotopic (exact) mass is 271 g/mol. The molecule has 2 N–H and O–H groups in total. The molecule has 1 saturated heterocycles. The number of ether oxygens (including phenoxy) is 1. The molecule has 2 rings (SSSR count). The Morgan fingerprint density at radius 3 is 2.65 bits per heavy atom. The first-order valence-corrected chi connectivity index (χ1v) is 5.88. The number of nitrogens with zero attached hydrogens (tertiary/aromatic N) is 2. The van der Waals surface area contributed by atoms with E-state index in [0.717, 1.165) is 0 Å². The Morgan fingerprint density at radius 2 is 2.06 bits per heavy atom. The molecule has 0 aromatic heterocycles. The third-order valence-electron chi connectivity index (χ3n) is 2.57. The lowest BCUT2D eigenvalue weighted by atomic mass is 10.2. The predicted octanol–water partition coefficient (Wildman–Crippen LogP) is 2.30. The van der Waals surface area contributed by atoms with Crippen molar-refractivity contribution >= 4 is 34.6 Å². The summed E-state index contributed by atoms with van der Waals surface area (Å²) in [5, 5.41) is 9.84. The number of nitriles is 1. The van der Waals surface area contributed by atoms with Crippen LogP contribution in [0.1, 0.15) is 0 Å². The van der Waals surface area contributed by atoms with Gasteiger partial charge in [0.05, 0.1) is 35.0 Å². The van der Waals surface area contributed by atoms with Gasteiger partial charge in [-0.3, -0.25) is 0 Å². The van der Waals surface area contributed by atoms with Crippen LogP contribution >= 0.6 is 23.2 Å². The largest absolute Gasteiger partial charge is 0.399 e. The predicted molar refractivity (Wildman–Crippen MR) is 68.4 cm³/mol. The zero-order valence-corrected chi connectivity index (χ0v) is 10.5. The Bertz CT molecular complexity index is 449. The highest BCUT2D eigenvalue weighted by Crippen LogP contribution is 2.36. The number of nitrogens with two attached hydrogens (primary N) is 1. The van der Waals surface area contributed by atoms with E-state index in [-0.39, 0.29) is 0 Å². The van der Waals surface area contributed by atoms with E-state index in [9.17, 15) is 0 Å². The van der Waals surface area contributed by atoms with Crippen LogP contribution in [0.4, 0.5) is 11.4 Å². The van der Waals surface area contributed by atoms with Crippen molar-refractivity contribution in [3.05, 3.63) is 22.2 Å². The van der Waals surface area contributed by atoms with Gasteiger partial charge in [0.1, 0.15) is 0 Å². The molecule has 0 bridgehead atoms. The second kappa shape index (κ2) is 5.01. The van der Waals surface area contributed by atoms with Crippen molar-refractivity contribution in [2.75, 3.05) is 30.3 Å². The van der Waals surface area contributed by atoms with Gasteiger partial charge >= 0.3 is 0 Å². The fourth-order valence-corrected chi connectivity index (χ4v) is 2.56.